The van der Waals surface area contributed by atoms with Gasteiger partial charge in [-0.3, -0.25) is 9.59 Å². The maximum Gasteiger partial charge on any atom is 0.283 e. The maximum absolute atomic E-state index is 13.4. The maximum atomic E-state index is 13.4. The van der Waals surface area contributed by atoms with Gasteiger partial charge in [-0.15, -0.1) is 0 Å². The van der Waals surface area contributed by atoms with Crippen molar-refractivity contribution in [3.8, 4) is 5.75 Å². The average molecular weight is 510 g/mol. The van der Waals surface area contributed by atoms with Gasteiger partial charge in [0.2, 0.25) is 0 Å². The number of hydrazone groups is 1. The van der Waals surface area contributed by atoms with Crippen molar-refractivity contribution in [3.05, 3.63) is 82.9 Å². The number of benzene rings is 3. The zero-order valence-electron chi connectivity index (χ0n) is 20.0. The molecular formula is C28H20ClN5O3. The highest BCUT2D eigenvalue weighted by Gasteiger charge is 2.33. The minimum atomic E-state index is -0.469. The SMILES string of the molecule is COc1ccc(C=C2C(=O)N(C(=O)Cn3c4ccccc4c4nc5cc(Cl)ccc5nc43)N=C2C)cc1. The molecule has 0 atom stereocenters. The van der Waals surface area contributed by atoms with E-state index < -0.39 is 11.8 Å². The van der Waals surface area contributed by atoms with Gasteiger partial charge in [0.15, 0.2) is 5.65 Å². The first-order chi connectivity index (χ1) is 17.9. The van der Waals surface area contributed by atoms with Gasteiger partial charge < -0.3 is 9.30 Å². The van der Waals surface area contributed by atoms with E-state index in [-0.39, 0.29) is 6.54 Å². The molecule has 0 aliphatic carbocycles. The molecular weight excluding hydrogens is 490 g/mol. The Bertz CT molecular complexity index is 1800. The lowest BCUT2D eigenvalue weighted by atomic mass is 10.1. The van der Waals surface area contributed by atoms with E-state index in [2.05, 4.69) is 5.10 Å². The molecule has 3 aromatic carbocycles. The highest BCUT2D eigenvalue weighted by atomic mass is 35.5. The molecule has 0 spiro atoms. The molecule has 3 heterocycles. The van der Waals surface area contributed by atoms with E-state index in [0.29, 0.717) is 44.3 Å². The monoisotopic (exact) mass is 509 g/mol. The fourth-order valence-electron chi connectivity index (χ4n) is 4.49. The summed E-state index contributed by atoms with van der Waals surface area (Å²) in [4.78, 5) is 36.2. The third-order valence-electron chi connectivity index (χ3n) is 6.33. The summed E-state index contributed by atoms with van der Waals surface area (Å²) in [5, 5.41) is 6.63. The first kappa shape index (κ1) is 22.9. The van der Waals surface area contributed by atoms with Gasteiger partial charge in [0.25, 0.3) is 11.8 Å². The Morgan fingerprint density at radius 3 is 2.59 bits per heavy atom. The molecule has 0 fully saturated rings. The molecule has 182 valence electrons. The number of nitrogens with zero attached hydrogens (tertiary/aromatic N) is 5. The molecule has 0 saturated heterocycles. The Labute approximate surface area is 216 Å². The summed E-state index contributed by atoms with van der Waals surface area (Å²) in [7, 11) is 1.59. The summed E-state index contributed by atoms with van der Waals surface area (Å²) in [6.45, 7) is 1.58. The van der Waals surface area contributed by atoms with E-state index in [9.17, 15) is 9.59 Å². The molecule has 0 unspecified atom stereocenters. The zero-order valence-corrected chi connectivity index (χ0v) is 20.7. The number of ether oxygens (including phenoxy) is 1. The second-order valence-corrected chi connectivity index (χ2v) is 9.10. The van der Waals surface area contributed by atoms with Crippen LogP contribution < -0.4 is 4.74 Å². The average Bonchev–Trinajstić information content (AvgIpc) is 3.36. The van der Waals surface area contributed by atoms with Crippen LogP contribution in [0.5, 0.6) is 5.75 Å². The van der Waals surface area contributed by atoms with Crippen LogP contribution in [-0.4, -0.2) is 44.2 Å². The van der Waals surface area contributed by atoms with Gasteiger partial charge in [0, 0.05) is 10.4 Å². The normalized spacial score (nSPS) is 14.8. The summed E-state index contributed by atoms with van der Waals surface area (Å²) >= 11 is 6.16. The topological polar surface area (TPSA) is 89.7 Å². The quantitative estimate of drug-likeness (QED) is 0.309. The number of methoxy groups -OCH3 is 1. The minimum Gasteiger partial charge on any atom is -0.497 e. The number of amides is 2. The lowest BCUT2D eigenvalue weighted by Crippen LogP contribution is -2.32. The highest BCUT2D eigenvalue weighted by molar-refractivity contribution is 6.31. The highest BCUT2D eigenvalue weighted by Crippen LogP contribution is 2.29. The van der Waals surface area contributed by atoms with Gasteiger partial charge in [-0.2, -0.15) is 10.1 Å². The minimum absolute atomic E-state index is 0.129. The summed E-state index contributed by atoms with van der Waals surface area (Å²) in [5.74, 6) is -0.222. The fraction of sp³-hybridized carbons (Fsp3) is 0.107. The van der Waals surface area contributed by atoms with Crippen molar-refractivity contribution in [2.45, 2.75) is 13.5 Å². The van der Waals surface area contributed by atoms with E-state index in [0.717, 1.165) is 21.5 Å². The molecule has 8 nitrogen and oxygen atoms in total. The van der Waals surface area contributed by atoms with Crippen molar-refractivity contribution < 1.29 is 14.3 Å². The van der Waals surface area contributed by atoms with Crippen LogP contribution in [0.3, 0.4) is 0 Å². The summed E-state index contributed by atoms with van der Waals surface area (Å²) in [6.07, 6.45) is 1.72. The number of imide groups is 1. The summed E-state index contributed by atoms with van der Waals surface area (Å²) in [5.41, 5.74) is 4.95. The third kappa shape index (κ3) is 3.91. The number of hydrogen-bond donors (Lipinski definition) is 0. The predicted molar refractivity (Wildman–Crippen MR) is 143 cm³/mol. The zero-order chi connectivity index (χ0) is 25.7. The number of halogens is 1. The van der Waals surface area contributed by atoms with Gasteiger partial charge in [-0.05, 0) is 55.0 Å². The molecule has 0 bridgehead atoms. The number of hydrogen-bond acceptors (Lipinski definition) is 6. The number of carbonyl (C=O) groups excluding carboxylic acids is 2. The summed E-state index contributed by atoms with van der Waals surface area (Å²) < 4.78 is 6.96. The van der Waals surface area contributed by atoms with E-state index in [1.54, 1.807) is 42.9 Å². The lowest BCUT2D eigenvalue weighted by Gasteiger charge is -2.12. The Hall–Kier alpha value is -4.56. The smallest absolute Gasteiger partial charge is 0.283 e. The second kappa shape index (κ2) is 8.83. The van der Waals surface area contributed by atoms with E-state index in [4.69, 9.17) is 26.3 Å². The molecule has 6 rings (SSSR count). The Balaban J connectivity index is 1.37. The molecule has 2 aromatic heterocycles. The van der Waals surface area contributed by atoms with Crippen molar-refractivity contribution in [1.29, 1.82) is 0 Å². The van der Waals surface area contributed by atoms with Gasteiger partial charge in [-0.25, -0.2) is 9.97 Å². The molecule has 1 aliphatic rings. The lowest BCUT2D eigenvalue weighted by molar-refractivity contribution is -0.141. The molecule has 0 N–H and O–H groups in total. The largest absolute Gasteiger partial charge is 0.497 e. The second-order valence-electron chi connectivity index (χ2n) is 8.66. The number of fused-ring (bicyclic) bond motifs is 4. The van der Waals surface area contributed by atoms with Gasteiger partial charge in [0.05, 0.1) is 34.9 Å². The molecule has 37 heavy (non-hydrogen) atoms. The summed E-state index contributed by atoms with van der Waals surface area (Å²) in [6, 6.07) is 20.2. The van der Waals surface area contributed by atoms with Crippen LogP contribution in [0.1, 0.15) is 12.5 Å². The van der Waals surface area contributed by atoms with E-state index in [1.807, 2.05) is 48.5 Å². The molecule has 5 aromatic rings. The van der Waals surface area contributed by atoms with Gasteiger partial charge in [0.1, 0.15) is 17.8 Å². The van der Waals surface area contributed by atoms with Gasteiger partial charge in [-0.1, -0.05) is 41.9 Å². The van der Waals surface area contributed by atoms with Crippen molar-refractivity contribution in [2.75, 3.05) is 7.11 Å². The van der Waals surface area contributed by atoms with Crippen LogP contribution in [0.4, 0.5) is 0 Å². The first-order valence-corrected chi connectivity index (χ1v) is 11.9. The van der Waals surface area contributed by atoms with Crippen LogP contribution in [-0.2, 0) is 16.1 Å². The van der Waals surface area contributed by atoms with Crippen LogP contribution in [0.25, 0.3) is 39.2 Å². The Morgan fingerprint density at radius 1 is 1.03 bits per heavy atom. The van der Waals surface area contributed by atoms with Crippen molar-refractivity contribution >= 4 is 68.3 Å². The molecule has 1 aliphatic heterocycles. The van der Waals surface area contributed by atoms with Crippen molar-refractivity contribution in [3.63, 3.8) is 0 Å². The number of carbonyl (C=O) groups is 2. The van der Waals surface area contributed by atoms with E-state index in [1.165, 1.54) is 0 Å². The van der Waals surface area contributed by atoms with Crippen LogP contribution in [0.15, 0.2) is 77.4 Å². The van der Waals surface area contributed by atoms with Crippen molar-refractivity contribution in [1.82, 2.24) is 19.5 Å². The molecule has 2 amide bonds. The standard InChI is InChI=1S/C28H20ClN5O3/c1-16-21(13-17-7-10-19(37-2)11-8-17)28(36)34(32-16)25(35)15-33-24-6-4-3-5-20(24)26-27(33)31-22-12-9-18(29)14-23(22)30-26/h3-14H,15H2,1-2H3. The van der Waals surface area contributed by atoms with Crippen LogP contribution in [0.2, 0.25) is 5.02 Å². The number of aromatic nitrogens is 3. The predicted octanol–water partition coefficient (Wildman–Crippen LogP) is 5.23. The number of para-hydroxylation sites is 1. The van der Waals surface area contributed by atoms with Crippen molar-refractivity contribution in [2.24, 2.45) is 5.10 Å². The molecule has 0 radical (unpaired) electrons. The van der Waals surface area contributed by atoms with E-state index >= 15 is 0 Å². The Kier molecular flexibility index (Phi) is 5.46. The third-order valence-corrected chi connectivity index (χ3v) is 6.57. The van der Waals surface area contributed by atoms with Crippen LogP contribution >= 0.6 is 11.6 Å². The van der Waals surface area contributed by atoms with Gasteiger partial charge >= 0.3 is 0 Å². The molecule has 9 heteroatoms. The molecule has 0 saturated carbocycles. The van der Waals surface area contributed by atoms with Crippen LogP contribution in [0, 0.1) is 0 Å². The number of rotatable bonds is 4. The Morgan fingerprint density at radius 2 is 1.81 bits per heavy atom. The fourth-order valence-corrected chi connectivity index (χ4v) is 4.66. The first-order valence-electron chi connectivity index (χ1n) is 11.6.